The van der Waals surface area contributed by atoms with Crippen LogP contribution < -0.4 is 4.74 Å². The summed E-state index contributed by atoms with van der Waals surface area (Å²) in [7, 11) is 0. The van der Waals surface area contributed by atoms with Crippen LogP contribution in [0.25, 0.3) is 0 Å². The third-order valence-corrected chi connectivity index (χ3v) is 2.96. The Bertz CT molecular complexity index is 454. The Morgan fingerprint density at radius 2 is 2.29 bits per heavy atom. The van der Waals surface area contributed by atoms with Crippen molar-refractivity contribution in [2.75, 3.05) is 0 Å². The minimum Gasteiger partial charge on any atom is -0.488 e. The van der Waals surface area contributed by atoms with E-state index in [9.17, 15) is 9.18 Å². The van der Waals surface area contributed by atoms with Gasteiger partial charge in [-0.2, -0.15) is 0 Å². The fourth-order valence-electron chi connectivity index (χ4n) is 2.37. The molecule has 0 saturated carbocycles. The summed E-state index contributed by atoms with van der Waals surface area (Å²) < 4.78 is 18.9. The molecule has 0 aromatic heterocycles. The molecule has 1 heterocycles. The lowest BCUT2D eigenvalue weighted by atomic mass is 9.82. The normalized spacial score (nSPS) is 21.5. The van der Waals surface area contributed by atoms with Gasteiger partial charge >= 0.3 is 5.97 Å². The molecule has 0 radical (unpaired) electrons. The number of carboxylic acid groups (broad SMARTS) is 1. The molecule has 3 nitrogen and oxygen atoms in total. The van der Waals surface area contributed by atoms with Crippen LogP contribution in [0.3, 0.4) is 0 Å². The quantitative estimate of drug-likeness (QED) is 0.861. The van der Waals surface area contributed by atoms with Gasteiger partial charge in [-0.25, -0.2) is 4.39 Å². The highest BCUT2D eigenvalue weighted by atomic mass is 19.1. The number of hydrogen-bond donors (Lipinski definition) is 1. The Morgan fingerprint density at radius 1 is 1.59 bits per heavy atom. The van der Waals surface area contributed by atoms with Gasteiger partial charge in [0.1, 0.15) is 17.2 Å². The van der Waals surface area contributed by atoms with E-state index >= 15 is 0 Å². The van der Waals surface area contributed by atoms with Gasteiger partial charge in [0.15, 0.2) is 0 Å². The highest BCUT2D eigenvalue weighted by Gasteiger charge is 2.34. The van der Waals surface area contributed by atoms with Gasteiger partial charge in [0.25, 0.3) is 0 Å². The number of ether oxygens (including phenoxy) is 1. The maximum Gasteiger partial charge on any atom is 0.303 e. The molecule has 1 aliphatic rings. The summed E-state index contributed by atoms with van der Waals surface area (Å²) >= 11 is 0. The molecule has 1 aliphatic heterocycles. The lowest BCUT2D eigenvalue weighted by Crippen LogP contribution is -2.35. The lowest BCUT2D eigenvalue weighted by Gasteiger charge is -2.37. The second-order valence-corrected chi connectivity index (χ2v) is 5.04. The van der Waals surface area contributed by atoms with Crippen molar-refractivity contribution in [2.24, 2.45) is 0 Å². The summed E-state index contributed by atoms with van der Waals surface area (Å²) in [5.41, 5.74) is 0.247. The average molecular weight is 238 g/mol. The van der Waals surface area contributed by atoms with E-state index in [1.54, 1.807) is 6.07 Å². The van der Waals surface area contributed by atoms with Crippen molar-refractivity contribution in [2.45, 2.75) is 38.2 Å². The number of carboxylic acids is 1. The predicted octanol–water partition coefficient (Wildman–Crippen LogP) is 2.95. The molecule has 92 valence electrons. The molecular formula is C13H15FO3. The zero-order chi connectivity index (χ0) is 12.6. The molecule has 1 atom stereocenters. The molecular weight excluding hydrogens is 223 g/mol. The second-order valence-electron chi connectivity index (χ2n) is 5.04. The third kappa shape index (κ3) is 2.57. The van der Waals surface area contributed by atoms with Crippen LogP contribution in [0, 0.1) is 5.82 Å². The Morgan fingerprint density at radius 3 is 2.94 bits per heavy atom. The molecule has 0 bridgehead atoms. The fraction of sp³-hybridized carbons (Fsp3) is 0.462. The van der Waals surface area contributed by atoms with Gasteiger partial charge in [-0.15, -0.1) is 0 Å². The van der Waals surface area contributed by atoms with Gasteiger partial charge in [0.2, 0.25) is 0 Å². The highest BCUT2D eigenvalue weighted by Crippen LogP contribution is 2.42. The van der Waals surface area contributed by atoms with Crippen LogP contribution in [0.1, 0.15) is 38.2 Å². The van der Waals surface area contributed by atoms with E-state index in [1.165, 1.54) is 12.1 Å². The Kier molecular flexibility index (Phi) is 2.81. The van der Waals surface area contributed by atoms with Crippen LogP contribution in [0.5, 0.6) is 5.75 Å². The topological polar surface area (TPSA) is 46.5 Å². The number of rotatable bonds is 2. The summed E-state index contributed by atoms with van der Waals surface area (Å²) in [6.45, 7) is 3.82. The molecule has 1 N–H and O–H groups in total. The van der Waals surface area contributed by atoms with Gasteiger partial charge in [0.05, 0.1) is 6.42 Å². The molecule has 1 aromatic rings. The van der Waals surface area contributed by atoms with Gasteiger partial charge in [-0.3, -0.25) is 4.79 Å². The number of aliphatic carboxylic acids is 1. The van der Waals surface area contributed by atoms with E-state index in [4.69, 9.17) is 9.84 Å². The van der Waals surface area contributed by atoms with Crippen molar-refractivity contribution < 1.29 is 19.0 Å². The van der Waals surface area contributed by atoms with E-state index in [0.29, 0.717) is 17.7 Å². The summed E-state index contributed by atoms with van der Waals surface area (Å²) in [6.07, 6.45) is 0.582. The van der Waals surface area contributed by atoms with Gasteiger partial charge in [-0.05, 0) is 38.5 Å². The highest BCUT2D eigenvalue weighted by molar-refractivity contribution is 5.68. The minimum absolute atomic E-state index is 0.00322. The van der Waals surface area contributed by atoms with Crippen LogP contribution in [0.4, 0.5) is 4.39 Å². The number of benzene rings is 1. The summed E-state index contributed by atoms with van der Waals surface area (Å²) in [5, 5.41) is 8.90. The first-order valence-electron chi connectivity index (χ1n) is 5.58. The van der Waals surface area contributed by atoms with Crippen LogP contribution >= 0.6 is 0 Å². The molecule has 0 aliphatic carbocycles. The van der Waals surface area contributed by atoms with E-state index < -0.39 is 11.6 Å². The molecule has 1 aromatic carbocycles. The third-order valence-electron chi connectivity index (χ3n) is 2.96. The molecule has 17 heavy (non-hydrogen) atoms. The van der Waals surface area contributed by atoms with Gasteiger partial charge < -0.3 is 9.84 Å². The first-order chi connectivity index (χ1) is 7.87. The van der Waals surface area contributed by atoms with Crippen molar-refractivity contribution in [3.05, 3.63) is 29.6 Å². The van der Waals surface area contributed by atoms with Crippen LogP contribution in [0.15, 0.2) is 18.2 Å². The van der Waals surface area contributed by atoms with Crippen molar-refractivity contribution in [3.8, 4) is 5.75 Å². The van der Waals surface area contributed by atoms with E-state index in [2.05, 4.69) is 0 Å². The summed E-state index contributed by atoms with van der Waals surface area (Å²) in [4.78, 5) is 10.8. The minimum atomic E-state index is -0.872. The van der Waals surface area contributed by atoms with E-state index in [0.717, 1.165) is 0 Å². The number of halogens is 1. The lowest BCUT2D eigenvalue weighted by molar-refractivity contribution is -0.137. The maximum absolute atomic E-state index is 13.2. The maximum atomic E-state index is 13.2. The van der Waals surface area contributed by atoms with Crippen LogP contribution in [-0.4, -0.2) is 16.7 Å². The fourth-order valence-corrected chi connectivity index (χ4v) is 2.37. The number of fused-ring (bicyclic) bond motifs is 1. The molecule has 0 saturated heterocycles. The van der Waals surface area contributed by atoms with E-state index in [1.807, 2.05) is 13.8 Å². The van der Waals surface area contributed by atoms with Crippen molar-refractivity contribution >= 4 is 5.97 Å². The summed E-state index contributed by atoms with van der Waals surface area (Å²) in [5.74, 6) is -0.832. The molecule has 4 heteroatoms. The summed E-state index contributed by atoms with van der Waals surface area (Å²) in [6, 6.07) is 4.27. The van der Waals surface area contributed by atoms with Crippen molar-refractivity contribution in [3.63, 3.8) is 0 Å². The van der Waals surface area contributed by atoms with Crippen molar-refractivity contribution in [1.82, 2.24) is 0 Å². The number of carbonyl (C=O) groups is 1. The predicted molar refractivity (Wildman–Crippen MR) is 60.7 cm³/mol. The first-order valence-corrected chi connectivity index (χ1v) is 5.58. The Labute approximate surface area is 99.2 Å². The Balaban J connectivity index is 2.40. The number of hydrogen-bond acceptors (Lipinski definition) is 2. The molecule has 1 unspecified atom stereocenters. The average Bonchev–Trinajstić information content (AvgIpc) is 2.17. The van der Waals surface area contributed by atoms with E-state index in [-0.39, 0.29) is 18.2 Å². The smallest absolute Gasteiger partial charge is 0.303 e. The standard InChI is InChI=1S/C13H15FO3/c1-13(2)7-8(5-12(15)16)10-6-9(14)3-4-11(10)17-13/h3-4,6,8H,5,7H2,1-2H3,(H,15,16). The zero-order valence-electron chi connectivity index (χ0n) is 9.87. The van der Waals surface area contributed by atoms with Gasteiger partial charge in [0, 0.05) is 11.5 Å². The largest absolute Gasteiger partial charge is 0.488 e. The monoisotopic (exact) mass is 238 g/mol. The molecule has 0 fully saturated rings. The van der Waals surface area contributed by atoms with Crippen LogP contribution in [0.2, 0.25) is 0 Å². The zero-order valence-corrected chi connectivity index (χ0v) is 9.87. The van der Waals surface area contributed by atoms with Crippen LogP contribution in [-0.2, 0) is 4.79 Å². The second kappa shape index (κ2) is 4.02. The SMILES string of the molecule is CC1(C)CC(CC(=O)O)c2cc(F)ccc2O1. The van der Waals surface area contributed by atoms with Crippen molar-refractivity contribution in [1.29, 1.82) is 0 Å². The first kappa shape index (κ1) is 11.9. The molecule has 2 rings (SSSR count). The molecule has 0 amide bonds. The Hall–Kier alpha value is -1.58. The van der Waals surface area contributed by atoms with Gasteiger partial charge in [-0.1, -0.05) is 0 Å². The molecule has 0 spiro atoms.